The van der Waals surface area contributed by atoms with E-state index in [1.807, 2.05) is 34.0 Å². The molecular formula is C126H75N3O3S3. The minimum atomic E-state index is 0.920. The highest BCUT2D eigenvalue weighted by Gasteiger charge is 2.25. The highest BCUT2D eigenvalue weighted by atomic mass is 32.1. The second kappa shape index (κ2) is 30.9. The Hall–Kier alpha value is -16.9. The highest BCUT2D eigenvalue weighted by Crippen LogP contribution is 2.50. The molecule has 21 aromatic carbocycles. The summed E-state index contributed by atoms with van der Waals surface area (Å²) in [7, 11) is 0. The van der Waals surface area contributed by atoms with Crippen molar-refractivity contribution in [3.8, 4) is 83.8 Å². The Morgan fingerprint density at radius 1 is 0.170 bits per heavy atom. The molecule has 0 aliphatic carbocycles. The summed E-state index contributed by atoms with van der Waals surface area (Å²) in [5, 5.41) is 22.0. The molecule has 0 fully saturated rings. The number of furan rings is 3. The second-order valence-electron chi connectivity index (χ2n) is 35.2. The van der Waals surface area contributed by atoms with Gasteiger partial charge in [0.15, 0.2) is 0 Å². The number of para-hydroxylation sites is 6. The summed E-state index contributed by atoms with van der Waals surface area (Å²) in [5.74, 6) is 0. The summed E-state index contributed by atoms with van der Waals surface area (Å²) >= 11 is 5.66. The number of aromatic nitrogens is 3. The van der Waals surface area contributed by atoms with Crippen LogP contribution in [-0.2, 0) is 0 Å². The third-order valence-corrected chi connectivity index (χ3v) is 31.1. The first-order chi connectivity index (χ1) is 66.9. The maximum Gasteiger partial charge on any atom is 0.143 e. The molecule has 0 atom stereocenters. The molecule has 0 aliphatic rings. The summed E-state index contributed by atoms with van der Waals surface area (Å²) in [6, 6.07) is 164. The summed E-state index contributed by atoms with van der Waals surface area (Å²) in [4.78, 5) is 0. The van der Waals surface area contributed by atoms with Crippen LogP contribution in [0.25, 0.3) is 276 Å². The van der Waals surface area contributed by atoms with Crippen LogP contribution in [0.2, 0.25) is 0 Å². The van der Waals surface area contributed by atoms with Gasteiger partial charge in [-0.15, -0.1) is 34.0 Å². The van der Waals surface area contributed by atoms with Crippen molar-refractivity contribution in [1.29, 1.82) is 0 Å². The monoisotopic (exact) mass is 1770 g/mol. The molecule has 30 aromatic rings. The molecular weight excluding hydrogens is 1700 g/mol. The topological polar surface area (TPSA) is 54.2 Å². The Morgan fingerprint density at radius 2 is 0.533 bits per heavy atom. The van der Waals surface area contributed by atoms with E-state index >= 15 is 0 Å². The van der Waals surface area contributed by atoms with Gasteiger partial charge in [0.05, 0.1) is 47.2 Å². The van der Waals surface area contributed by atoms with Crippen molar-refractivity contribution in [3.05, 3.63) is 455 Å². The van der Waals surface area contributed by atoms with Crippen LogP contribution >= 0.6 is 34.0 Å². The summed E-state index contributed by atoms with van der Waals surface area (Å²) in [6.07, 6.45) is 0. The van der Waals surface area contributed by atoms with Gasteiger partial charge in [0.1, 0.15) is 33.5 Å². The number of nitrogens with zero attached hydrogens (tertiary/aromatic N) is 3. The maximum atomic E-state index is 6.45. The number of thiophene rings is 3. The van der Waals surface area contributed by atoms with Crippen molar-refractivity contribution < 1.29 is 13.3 Å². The molecule has 9 aromatic heterocycles. The second-order valence-corrected chi connectivity index (χ2v) is 38.4. The smallest absolute Gasteiger partial charge is 0.143 e. The first kappa shape index (κ1) is 76.9. The number of fused-ring (bicyclic) bond motifs is 29. The van der Waals surface area contributed by atoms with E-state index in [0.717, 1.165) is 71.6 Å². The first-order valence-electron chi connectivity index (χ1n) is 45.8. The number of rotatable bonds is 9. The van der Waals surface area contributed by atoms with Crippen molar-refractivity contribution in [2.75, 3.05) is 0 Å². The molecule has 0 spiro atoms. The lowest BCUT2D eigenvalue weighted by Gasteiger charge is -2.09. The molecule has 0 amide bonds. The normalized spacial score (nSPS) is 12.0. The van der Waals surface area contributed by atoms with E-state index in [2.05, 4.69) is 469 Å². The molecule has 30 rings (SSSR count). The van der Waals surface area contributed by atoms with E-state index in [4.69, 9.17) is 13.3 Å². The molecule has 0 saturated heterocycles. The standard InChI is InChI=1S/3C42H25NOS/c1-2-10-30(11-3-1)43-36-15-7-6-13-33(36)42-40(43)35-25-29(22-24-38(35)45-42)26-17-19-28(20-18-26)31-14-8-16-37-39(31)34-23-21-27-9-4-5-12-32(27)41(34)44-37;1-2-10-32(11-3-1)43-37-13-7-6-12-34(37)42-41(43)35-21-19-31(25-40(35)45-42)27-16-14-26(15-17-27)30-18-20-33-36-22-28-8-4-5-9-29(28)23-39(36)44-38(33)24-30;1-2-9-31(10-3-1)43-36-13-7-6-12-33(36)42-41(43)35-22-19-30(25-39(35)45-42)27-16-14-26(15-17-27)29-18-21-34-38(24-29)44-37-23-20-28-8-4-5-11-32(28)40(34)37/h3*1-25H. The Labute approximate surface area is 785 Å². The van der Waals surface area contributed by atoms with Crippen molar-refractivity contribution in [2.45, 2.75) is 0 Å². The van der Waals surface area contributed by atoms with E-state index in [1.165, 1.54) is 204 Å². The van der Waals surface area contributed by atoms with Gasteiger partial charge in [-0.25, -0.2) is 0 Å². The van der Waals surface area contributed by atoms with Gasteiger partial charge < -0.3 is 27.0 Å². The molecule has 0 N–H and O–H groups in total. The zero-order valence-electron chi connectivity index (χ0n) is 72.6. The molecule has 0 unspecified atom stereocenters. The quantitative estimate of drug-likeness (QED) is 0.145. The van der Waals surface area contributed by atoms with Gasteiger partial charge in [-0.3, -0.25) is 0 Å². The highest BCUT2D eigenvalue weighted by molar-refractivity contribution is 7.27. The van der Waals surface area contributed by atoms with Gasteiger partial charge >= 0.3 is 0 Å². The van der Waals surface area contributed by atoms with E-state index in [1.54, 1.807) is 0 Å². The Bertz CT molecular complexity index is 10100. The number of hydrogen-bond acceptors (Lipinski definition) is 6. The Balaban J connectivity index is 0.000000101. The van der Waals surface area contributed by atoms with Crippen LogP contribution in [0.5, 0.6) is 0 Å². The molecule has 0 saturated carbocycles. The number of hydrogen-bond donors (Lipinski definition) is 0. The van der Waals surface area contributed by atoms with Gasteiger partial charge in [-0.2, -0.15) is 0 Å². The average Bonchev–Trinajstić information content (AvgIpc) is 1.56. The molecule has 0 radical (unpaired) electrons. The molecule has 9 heterocycles. The largest absolute Gasteiger partial charge is 0.456 e. The third-order valence-electron chi connectivity index (χ3n) is 27.6. The first-order valence-corrected chi connectivity index (χ1v) is 48.2. The molecule has 630 valence electrons. The van der Waals surface area contributed by atoms with E-state index < -0.39 is 0 Å². The van der Waals surface area contributed by atoms with Crippen LogP contribution in [0.15, 0.2) is 468 Å². The fraction of sp³-hybridized carbons (Fsp3) is 0. The van der Waals surface area contributed by atoms with Crippen LogP contribution in [0, 0.1) is 0 Å². The van der Waals surface area contributed by atoms with Crippen molar-refractivity contribution in [2.24, 2.45) is 0 Å². The van der Waals surface area contributed by atoms with Crippen molar-refractivity contribution in [3.63, 3.8) is 0 Å². The summed E-state index contributed by atoms with van der Waals surface area (Å²) in [5.41, 5.74) is 31.1. The van der Waals surface area contributed by atoms with E-state index in [0.29, 0.717) is 0 Å². The fourth-order valence-electron chi connectivity index (χ4n) is 21.2. The zero-order valence-corrected chi connectivity index (χ0v) is 75.0. The van der Waals surface area contributed by atoms with Crippen LogP contribution in [0.3, 0.4) is 0 Å². The van der Waals surface area contributed by atoms with Gasteiger partial charge in [0.2, 0.25) is 0 Å². The Morgan fingerprint density at radius 3 is 1.07 bits per heavy atom. The maximum absolute atomic E-state index is 6.45. The lowest BCUT2D eigenvalue weighted by molar-refractivity contribution is 0.669. The molecule has 9 heteroatoms. The zero-order chi connectivity index (χ0) is 88.5. The van der Waals surface area contributed by atoms with Gasteiger partial charge in [-0.1, -0.05) is 322 Å². The summed E-state index contributed by atoms with van der Waals surface area (Å²) in [6.45, 7) is 0. The van der Waals surface area contributed by atoms with Gasteiger partial charge in [0.25, 0.3) is 0 Å². The van der Waals surface area contributed by atoms with Crippen molar-refractivity contribution in [1.82, 2.24) is 13.7 Å². The summed E-state index contributed by atoms with van der Waals surface area (Å²) < 4.78 is 34.3. The number of benzene rings is 21. The third kappa shape index (κ3) is 12.5. The predicted octanol–water partition coefficient (Wildman–Crippen LogP) is 37.2. The Kier molecular flexibility index (Phi) is 17.6. The molecule has 135 heavy (non-hydrogen) atoms. The molecule has 6 nitrogen and oxygen atoms in total. The fourth-order valence-corrected chi connectivity index (χ4v) is 24.9. The van der Waals surface area contributed by atoms with E-state index in [-0.39, 0.29) is 0 Å². The lowest BCUT2D eigenvalue weighted by Crippen LogP contribution is -1.92. The minimum Gasteiger partial charge on any atom is -0.456 e. The van der Waals surface area contributed by atoms with Crippen LogP contribution < -0.4 is 0 Å². The minimum absolute atomic E-state index is 0.920. The SMILES string of the molecule is c1ccc(-n2c3ccccc3c3sc4cc(-c5ccc(-c6ccc7c(c6)oc6cc8ccccc8cc67)cc5)ccc4c32)cc1.c1ccc(-n2c3ccccc3c3sc4cc(-c5ccc(-c6ccc7c(c6)oc6ccc8ccccc8c67)cc5)ccc4c32)cc1.c1ccc(-n2c3ccccc3c3sc4ccc(-c5ccc(-c6cccc7oc8c9ccccc9ccc8c67)cc5)cc4c32)cc1. The molecule has 0 bridgehead atoms. The van der Waals surface area contributed by atoms with Crippen molar-refractivity contribution >= 4 is 226 Å². The van der Waals surface area contributed by atoms with Crippen LogP contribution in [0.4, 0.5) is 0 Å². The average molecular weight is 1780 g/mol. The lowest BCUT2D eigenvalue weighted by atomic mass is 9.96. The van der Waals surface area contributed by atoms with E-state index in [9.17, 15) is 0 Å². The van der Waals surface area contributed by atoms with Crippen LogP contribution in [-0.4, -0.2) is 13.7 Å². The predicted molar refractivity (Wildman–Crippen MR) is 575 cm³/mol. The molecule has 0 aliphatic heterocycles. The van der Waals surface area contributed by atoms with Gasteiger partial charge in [0, 0.05) is 101 Å². The van der Waals surface area contributed by atoms with Crippen LogP contribution in [0.1, 0.15) is 0 Å². The van der Waals surface area contributed by atoms with Gasteiger partial charge in [-0.05, 0) is 227 Å².